The highest BCUT2D eigenvalue weighted by atomic mass is 31.1. The molecule has 0 fully saturated rings. The number of allylic oxidation sites excluding steroid dienone is 2. The molecule has 0 aromatic carbocycles. The third kappa shape index (κ3) is 2.57. The first kappa shape index (κ1) is 11.7. The lowest BCUT2D eigenvalue weighted by Crippen LogP contribution is -2.21. The van der Waals surface area contributed by atoms with Crippen molar-refractivity contribution in [2.24, 2.45) is 0 Å². The smallest absolute Gasteiger partial charge is 0.156 e. The Kier molecular flexibility index (Phi) is 4.60. The van der Waals surface area contributed by atoms with Crippen molar-refractivity contribution >= 4 is 13.9 Å². The molecule has 2 aliphatic rings. The van der Waals surface area contributed by atoms with E-state index >= 15 is 0 Å². The van der Waals surface area contributed by atoms with Gasteiger partial charge in [-0.15, -0.1) is 5.70 Å². The van der Waals surface area contributed by atoms with Crippen LogP contribution in [0.5, 0.6) is 0 Å². The minimum atomic E-state index is 0.0505. The Hall–Kier alpha value is -0.360. The molecule has 0 saturated carbocycles. The SMILES string of the molecule is CC.C[N+]1=CP(C)C2CCCC=C2[N-]1. The summed E-state index contributed by atoms with van der Waals surface area (Å²) in [5, 5.41) is 0. The lowest BCUT2D eigenvalue weighted by atomic mass is 10.0. The van der Waals surface area contributed by atoms with Crippen LogP contribution >= 0.6 is 7.92 Å². The summed E-state index contributed by atoms with van der Waals surface area (Å²) in [6.07, 6.45) is 6.25. The normalized spacial score (nSPS) is 30.0. The quantitative estimate of drug-likeness (QED) is 0.431. The average molecular weight is 212 g/mol. The summed E-state index contributed by atoms with van der Waals surface area (Å²) in [4.78, 5) is 0. The molecule has 2 atom stereocenters. The maximum absolute atomic E-state index is 4.51. The van der Waals surface area contributed by atoms with Crippen molar-refractivity contribution in [1.82, 2.24) is 0 Å². The number of nitrogens with zero attached hydrogens (tertiary/aromatic N) is 2. The van der Waals surface area contributed by atoms with Crippen molar-refractivity contribution in [2.45, 2.75) is 38.8 Å². The van der Waals surface area contributed by atoms with Gasteiger partial charge < -0.3 is 5.43 Å². The molecule has 2 rings (SSSR count). The van der Waals surface area contributed by atoms with Crippen molar-refractivity contribution in [3.63, 3.8) is 0 Å². The van der Waals surface area contributed by atoms with E-state index in [0.717, 1.165) is 5.66 Å². The van der Waals surface area contributed by atoms with Crippen LogP contribution in [0.1, 0.15) is 33.1 Å². The highest BCUT2D eigenvalue weighted by Gasteiger charge is 2.23. The maximum Gasteiger partial charge on any atom is 0.156 e. The van der Waals surface area contributed by atoms with Gasteiger partial charge in [-0.05, 0) is 39.5 Å². The van der Waals surface area contributed by atoms with E-state index in [1.54, 1.807) is 0 Å². The minimum absolute atomic E-state index is 0.0505. The third-order valence-electron chi connectivity index (χ3n) is 2.49. The largest absolute Gasteiger partial charge is 0.415 e. The molecule has 0 amide bonds. The molecule has 2 unspecified atom stereocenters. The van der Waals surface area contributed by atoms with Gasteiger partial charge in [-0.25, -0.2) is 0 Å². The first-order valence-corrected chi connectivity index (χ1v) is 7.41. The molecular formula is C11H21N2P. The maximum atomic E-state index is 4.51. The molecule has 0 radical (unpaired) electrons. The third-order valence-corrected chi connectivity index (χ3v) is 4.70. The van der Waals surface area contributed by atoms with Crippen molar-refractivity contribution in [3.05, 3.63) is 17.2 Å². The van der Waals surface area contributed by atoms with Crippen molar-refractivity contribution in [2.75, 3.05) is 13.7 Å². The van der Waals surface area contributed by atoms with Gasteiger partial charge in [-0.3, -0.25) is 4.68 Å². The summed E-state index contributed by atoms with van der Waals surface area (Å²) in [7, 11) is 2.08. The monoisotopic (exact) mass is 212 g/mol. The van der Waals surface area contributed by atoms with Gasteiger partial charge in [-0.2, -0.15) is 0 Å². The highest BCUT2D eigenvalue weighted by molar-refractivity contribution is 7.72. The fraction of sp³-hybridized carbons (Fsp3) is 0.727. The summed E-state index contributed by atoms with van der Waals surface area (Å²) in [6.45, 7) is 6.35. The molecule has 14 heavy (non-hydrogen) atoms. The zero-order chi connectivity index (χ0) is 10.6. The first-order chi connectivity index (χ1) is 6.77. The van der Waals surface area contributed by atoms with Crippen LogP contribution in [0.25, 0.3) is 5.43 Å². The molecule has 0 N–H and O–H groups in total. The lowest BCUT2D eigenvalue weighted by molar-refractivity contribution is -0.434. The Bertz CT molecular complexity index is 246. The molecule has 2 nitrogen and oxygen atoms in total. The van der Waals surface area contributed by atoms with Crippen LogP contribution in [0.3, 0.4) is 0 Å². The Morgan fingerprint density at radius 1 is 1.50 bits per heavy atom. The van der Waals surface area contributed by atoms with Gasteiger partial charge in [0.2, 0.25) is 0 Å². The Morgan fingerprint density at radius 2 is 2.21 bits per heavy atom. The van der Waals surface area contributed by atoms with Gasteiger partial charge in [0.1, 0.15) is 7.05 Å². The summed E-state index contributed by atoms with van der Waals surface area (Å²) in [6, 6.07) is 0. The van der Waals surface area contributed by atoms with Gasteiger partial charge in [0.05, 0.1) is 0 Å². The number of hydrogen-bond donors (Lipinski definition) is 0. The van der Waals surface area contributed by atoms with Crippen LogP contribution in [0.4, 0.5) is 0 Å². The summed E-state index contributed by atoms with van der Waals surface area (Å²) >= 11 is 0. The summed E-state index contributed by atoms with van der Waals surface area (Å²) in [5.74, 6) is 2.28. The van der Waals surface area contributed by atoms with Gasteiger partial charge in [0.25, 0.3) is 0 Å². The zero-order valence-electron chi connectivity index (χ0n) is 9.70. The Labute approximate surface area is 88.8 Å². The molecule has 3 heteroatoms. The van der Waals surface area contributed by atoms with Crippen molar-refractivity contribution in [1.29, 1.82) is 0 Å². The van der Waals surface area contributed by atoms with E-state index in [4.69, 9.17) is 0 Å². The standard InChI is InChI=1S/C9H15N2P.C2H6/c1-11-7-12(2)9-6-4-3-5-8(9)10-11;1-2/h5,7,9H,3-4,6H2,1-2H3;1-2H3. The van der Waals surface area contributed by atoms with Crippen molar-refractivity contribution < 1.29 is 4.68 Å². The van der Waals surface area contributed by atoms with E-state index in [9.17, 15) is 0 Å². The summed E-state index contributed by atoms with van der Waals surface area (Å²) < 4.78 is 1.99. The van der Waals surface area contributed by atoms with Crippen LogP contribution in [-0.4, -0.2) is 30.0 Å². The first-order valence-electron chi connectivity index (χ1n) is 5.49. The Balaban J connectivity index is 0.000000461. The van der Waals surface area contributed by atoms with Crippen LogP contribution in [0.2, 0.25) is 0 Å². The van der Waals surface area contributed by atoms with Crippen molar-refractivity contribution in [3.8, 4) is 0 Å². The number of fused-ring (bicyclic) bond motifs is 1. The molecule has 1 heterocycles. The molecular weight excluding hydrogens is 191 g/mol. The van der Waals surface area contributed by atoms with E-state index in [1.807, 2.05) is 25.6 Å². The molecule has 80 valence electrons. The molecule has 0 spiro atoms. The van der Waals surface area contributed by atoms with E-state index in [0.29, 0.717) is 0 Å². The fourth-order valence-corrected chi connectivity index (χ4v) is 3.82. The van der Waals surface area contributed by atoms with Gasteiger partial charge in [-0.1, -0.05) is 19.9 Å². The number of rotatable bonds is 0. The minimum Gasteiger partial charge on any atom is -0.415 e. The molecule has 1 aliphatic heterocycles. The second kappa shape index (κ2) is 5.50. The van der Waals surface area contributed by atoms with E-state index in [1.165, 1.54) is 25.0 Å². The molecule has 0 aromatic heterocycles. The highest BCUT2D eigenvalue weighted by Crippen LogP contribution is 2.47. The van der Waals surface area contributed by atoms with Gasteiger partial charge >= 0.3 is 0 Å². The number of hydrogen-bond acceptors (Lipinski definition) is 0. The van der Waals surface area contributed by atoms with Crippen LogP contribution in [-0.2, 0) is 0 Å². The van der Waals surface area contributed by atoms with Crippen LogP contribution < -0.4 is 0 Å². The predicted octanol–water partition coefficient (Wildman–Crippen LogP) is 3.53. The van der Waals surface area contributed by atoms with E-state index < -0.39 is 0 Å². The average Bonchev–Trinajstić information content (AvgIpc) is 2.20. The van der Waals surface area contributed by atoms with E-state index in [2.05, 4.69) is 24.1 Å². The predicted molar refractivity (Wildman–Crippen MR) is 65.5 cm³/mol. The Morgan fingerprint density at radius 3 is 2.93 bits per heavy atom. The second-order valence-electron chi connectivity index (χ2n) is 3.53. The second-order valence-corrected chi connectivity index (χ2v) is 5.72. The molecule has 0 saturated heterocycles. The topological polar surface area (TPSA) is 17.1 Å². The molecule has 0 bridgehead atoms. The van der Waals surface area contributed by atoms with Crippen LogP contribution in [0, 0.1) is 0 Å². The van der Waals surface area contributed by atoms with E-state index in [-0.39, 0.29) is 7.92 Å². The molecule has 1 aliphatic carbocycles. The van der Waals surface area contributed by atoms with Gasteiger partial charge in [0, 0.05) is 0 Å². The lowest BCUT2D eigenvalue weighted by Gasteiger charge is -2.37. The fourth-order valence-electron chi connectivity index (χ4n) is 1.92. The zero-order valence-corrected chi connectivity index (χ0v) is 10.6. The molecule has 0 aromatic rings. The summed E-state index contributed by atoms with van der Waals surface area (Å²) in [5.41, 5.74) is 6.63. The van der Waals surface area contributed by atoms with Gasteiger partial charge in [0.15, 0.2) is 5.96 Å². The van der Waals surface area contributed by atoms with Crippen LogP contribution in [0.15, 0.2) is 11.8 Å².